The molecule has 5 nitrogen and oxygen atoms in total. The fourth-order valence-electron chi connectivity index (χ4n) is 2.51. The molecule has 1 N–H and O–H groups in total. The lowest BCUT2D eigenvalue weighted by molar-refractivity contribution is 0.0819. The van der Waals surface area contributed by atoms with E-state index < -0.39 is 0 Å². The van der Waals surface area contributed by atoms with Crippen LogP contribution >= 0.6 is 11.3 Å². The molecule has 6 heteroatoms. The van der Waals surface area contributed by atoms with E-state index in [0.717, 1.165) is 25.0 Å². The van der Waals surface area contributed by atoms with Crippen molar-refractivity contribution < 1.29 is 9.53 Å². The van der Waals surface area contributed by atoms with Gasteiger partial charge in [-0.3, -0.25) is 5.32 Å². The van der Waals surface area contributed by atoms with Gasteiger partial charge >= 0.3 is 6.03 Å². The zero-order valence-electron chi connectivity index (χ0n) is 12.3. The first-order chi connectivity index (χ1) is 10.8. The monoisotopic (exact) mass is 317 g/mol. The molecule has 2 heterocycles. The molecule has 0 spiro atoms. The van der Waals surface area contributed by atoms with Gasteiger partial charge in [0.25, 0.3) is 0 Å². The van der Waals surface area contributed by atoms with Gasteiger partial charge in [0, 0.05) is 31.3 Å². The van der Waals surface area contributed by atoms with Crippen LogP contribution in [-0.2, 0) is 11.3 Å². The molecule has 1 aliphatic rings. The van der Waals surface area contributed by atoms with E-state index in [1.54, 1.807) is 11.1 Å². The molecule has 1 atom stereocenters. The van der Waals surface area contributed by atoms with Crippen molar-refractivity contribution in [2.75, 3.05) is 18.5 Å². The van der Waals surface area contributed by atoms with Gasteiger partial charge in [-0.1, -0.05) is 30.3 Å². The maximum atomic E-state index is 12.5. The number of hydrogen-bond donors (Lipinski definition) is 1. The molecular weight excluding hydrogens is 298 g/mol. The minimum Gasteiger partial charge on any atom is -0.376 e. The summed E-state index contributed by atoms with van der Waals surface area (Å²) in [5.74, 6) is 0. The lowest BCUT2D eigenvalue weighted by Gasteiger charge is -2.25. The van der Waals surface area contributed by atoms with E-state index in [1.807, 2.05) is 35.7 Å². The highest BCUT2D eigenvalue weighted by Gasteiger charge is 2.23. The first-order valence-electron chi connectivity index (χ1n) is 7.42. The summed E-state index contributed by atoms with van der Waals surface area (Å²) in [4.78, 5) is 18.4. The average molecular weight is 317 g/mol. The molecule has 1 unspecified atom stereocenters. The van der Waals surface area contributed by atoms with E-state index in [-0.39, 0.29) is 12.1 Å². The van der Waals surface area contributed by atoms with E-state index in [1.165, 1.54) is 11.3 Å². The Morgan fingerprint density at radius 3 is 2.95 bits per heavy atom. The first kappa shape index (κ1) is 15.0. The summed E-state index contributed by atoms with van der Waals surface area (Å²) in [6.07, 6.45) is 3.89. The van der Waals surface area contributed by atoms with Crippen molar-refractivity contribution in [3.05, 3.63) is 47.5 Å². The number of benzene rings is 1. The van der Waals surface area contributed by atoms with Crippen LogP contribution in [0.3, 0.4) is 0 Å². The summed E-state index contributed by atoms with van der Waals surface area (Å²) in [5, 5.41) is 5.32. The Hall–Kier alpha value is -1.92. The summed E-state index contributed by atoms with van der Waals surface area (Å²) in [5.41, 5.74) is 1.11. The van der Waals surface area contributed by atoms with Crippen molar-refractivity contribution in [1.29, 1.82) is 0 Å². The molecule has 2 amide bonds. The van der Waals surface area contributed by atoms with Crippen molar-refractivity contribution in [1.82, 2.24) is 9.88 Å². The summed E-state index contributed by atoms with van der Waals surface area (Å²) in [7, 11) is 0. The minimum absolute atomic E-state index is 0.130. The molecule has 0 bridgehead atoms. The van der Waals surface area contributed by atoms with Crippen LogP contribution in [0.25, 0.3) is 0 Å². The van der Waals surface area contributed by atoms with E-state index in [0.29, 0.717) is 18.2 Å². The molecule has 0 saturated carbocycles. The first-order valence-corrected chi connectivity index (χ1v) is 8.30. The zero-order valence-corrected chi connectivity index (χ0v) is 13.1. The molecule has 1 aliphatic heterocycles. The number of nitrogens with one attached hydrogen (secondary N) is 1. The molecular formula is C16H19N3O2S. The fourth-order valence-corrected chi connectivity index (χ4v) is 3.03. The maximum absolute atomic E-state index is 12.5. The Morgan fingerprint density at radius 1 is 1.41 bits per heavy atom. The van der Waals surface area contributed by atoms with Crippen molar-refractivity contribution >= 4 is 22.5 Å². The summed E-state index contributed by atoms with van der Waals surface area (Å²) < 4.78 is 5.67. The number of urea groups is 1. The summed E-state index contributed by atoms with van der Waals surface area (Å²) >= 11 is 1.42. The van der Waals surface area contributed by atoms with Crippen molar-refractivity contribution in [2.24, 2.45) is 0 Å². The van der Waals surface area contributed by atoms with Crippen LogP contribution in [0.2, 0.25) is 0 Å². The number of nitrogens with zero attached hydrogens (tertiary/aromatic N) is 2. The highest BCUT2D eigenvalue weighted by atomic mass is 32.1. The van der Waals surface area contributed by atoms with Crippen molar-refractivity contribution in [3.8, 4) is 0 Å². The van der Waals surface area contributed by atoms with Gasteiger partial charge < -0.3 is 9.64 Å². The second-order valence-corrected chi connectivity index (χ2v) is 6.16. The van der Waals surface area contributed by atoms with Crippen LogP contribution in [0, 0.1) is 0 Å². The molecule has 3 rings (SSSR count). The molecule has 1 aromatic heterocycles. The number of aromatic nitrogens is 1. The third-order valence-corrected chi connectivity index (χ3v) is 4.29. The normalized spacial score (nSPS) is 17.4. The Balaban J connectivity index is 1.68. The van der Waals surface area contributed by atoms with Crippen LogP contribution in [0.1, 0.15) is 18.4 Å². The van der Waals surface area contributed by atoms with Crippen LogP contribution < -0.4 is 5.32 Å². The SMILES string of the molecule is O=C(Nc1nccs1)N(Cc1ccccc1)CC1CCCO1. The Labute approximate surface area is 133 Å². The van der Waals surface area contributed by atoms with Crippen LogP contribution in [0.5, 0.6) is 0 Å². The second-order valence-electron chi connectivity index (χ2n) is 5.27. The Bertz CT molecular complexity index is 583. The van der Waals surface area contributed by atoms with Gasteiger partial charge in [-0.15, -0.1) is 11.3 Å². The van der Waals surface area contributed by atoms with Gasteiger partial charge in [-0.2, -0.15) is 0 Å². The Morgan fingerprint density at radius 2 is 2.27 bits per heavy atom. The molecule has 1 saturated heterocycles. The number of amides is 2. The molecule has 0 aliphatic carbocycles. The van der Waals surface area contributed by atoms with Gasteiger partial charge in [0.15, 0.2) is 5.13 Å². The average Bonchev–Trinajstić information content (AvgIpc) is 3.21. The zero-order chi connectivity index (χ0) is 15.2. The number of rotatable bonds is 5. The summed E-state index contributed by atoms with van der Waals surface area (Å²) in [6, 6.07) is 9.87. The molecule has 0 radical (unpaired) electrons. The second kappa shape index (κ2) is 7.38. The lowest BCUT2D eigenvalue weighted by Crippen LogP contribution is -2.39. The number of carbonyl (C=O) groups excluding carboxylic acids is 1. The predicted octanol–water partition coefficient (Wildman–Crippen LogP) is 3.36. The number of anilines is 1. The smallest absolute Gasteiger partial charge is 0.324 e. The van der Waals surface area contributed by atoms with Crippen molar-refractivity contribution in [2.45, 2.75) is 25.5 Å². The van der Waals surface area contributed by atoms with Gasteiger partial charge in [0.2, 0.25) is 0 Å². The fraction of sp³-hybridized carbons (Fsp3) is 0.375. The number of ether oxygens (including phenoxy) is 1. The number of thiazole rings is 1. The maximum Gasteiger partial charge on any atom is 0.324 e. The van der Waals surface area contributed by atoms with Crippen LogP contribution in [0.4, 0.5) is 9.93 Å². The van der Waals surface area contributed by atoms with E-state index in [4.69, 9.17) is 4.74 Å². The Kier molecular flexibility index (Phi) is 5.03. The van der Waals surface area contributed by atoms with E-state index in [2.05, 4.69) is 10.3 Å². The third kappa shape index (κ3) is 4.05. The van der Waals surface area contributed by atoms with Crippen molar-refractivity contribution in [3.63, 3.8) is 0 Å². The standard InChI is InChI=1S/C16H19N3O2S/c20-16(18-15-17-8-10-22-15)19(12-14-7-4-9-21-14)11-13-5-2-1-3-6-13/h1-3,5-6,8,10,14H,4,7,9,11-12H2,(H,17,18,20). The van der Waals surface area contributed by atoms with Gasteiger partial charge in [-0.05, 0) is 18.4 Å². The quantitative estimate of drug-likeness (QED) is 0.920. The third-order valence-electron chi connectivity index (χ3n) is 3.60. The number of carbonyl (C=O) groups is 1. The van der Waals surface area contributed by atoms with Gasteiger partial charge in [0.1, 0.15) is 0 Å². The van der Waals surface area contributed by atoms with E-state index in [9.17, 15) is 4.79 Å². The van der Waals surface area contributed by atoms with Crippen LogP contribution in [0.15, 0.2) is 41.9 Å². The highest BCUT2D eigenvalue weighted by molar-refractivity contribution is 7.13. The van der Waals surface area contributed by atoms with Crippen LogP contribution in [-0.4, -0.2) is 35.2 Å². The lowest BCUT2D eigenvalue weighted by atomic mass is 10.2. The predicted molar refractivity (Wildman–Crippen MR) is 87.0 cm³/mol. The largest absolute Gasteiger partial charge is 0.376 e. The molecule has 1 fully saturated rings. The van der Waals surface area contributed by atoms with Gasteiger partial charge in [-0.25, -0.2) is 9.78 Å². The van der Waals surface area contributed by atoms with Gasteiger partial charge in [0.05, 0.1) is 6.10 Å². The summed E-state index contributed by atoms with van der Waals surface area (Å²) in [6.45, 7) is 1.96. The topological polar surface area (TPSA) is 54.5 Å². The highest BCUT2D eigenvalue weighted by Crippen LogP contribution is 2.17. The number of hydrogen-bond acceptors (Lipinski definition) is 4. The molecule has 2 aromatic rings. The van der Waals surface area contributed by atoms with E-state index >= 15 is 0 Å². The molecule has 1 aromatic carbocycles. The molecule has 22 heavy (non-hydrogen) atoms. The molecule has 116 valence electrons. The minimum atomic E-state index is -0.130.